The maximum absolute atomic E-state index is 13.2. The molecule has 0 bridgehead atoms. The Kier molecular flexibility index (Phi) is 9.43. The Morgan fingerprint density at radius 2 is 1.50 bits per heavy atom. The number of hydrogen-bond donors (Lipinski definition) is 3. The van der Waals surface area contributed by atoms with Crippen molar-refractivity contribution in [3.05, 3.63) is 94.3 Å². The molecule has 178 valence electrons. The van der Waals surface area contributed by atoms with E-state index in [1.807, 2.05) is 24.3 Å². The summed E-state index contributed by atoms with van der Waals surface area (Å²) in [7, 11) is 0. The third-order valence-corrected chi connectivity index (χ3v) is 5.88. The number of carbonyl (C=O) groups is 3. The van der Waals surface area contributed by atoms with Gasteiger partial charge in [0.05, 0.1) is 5.69 Å². The highest BCUT2D eigenvalue weighted by atomic mass is 35.5. The van der Waals surface area contributed by atoms with Crippen LogP contribution in [0.25, 0.3) is 0 Å². The van der Waals surface area contributed by atoms with Gasteiger partial charge in [0, 0.05) is 30.1 Å². The van der Waals surface area contributed by atoms with Gasteiger partial charge >= 0.3 is 0 Å². The molecule has 0 saturated heterocycles. The number of aromatic nitrogens is 1. The molecule has 0 unspecified atom stereocenters. The van der Waals surface area contributed by atoms with Gasteiger partial charge in [-0.3, -0.25) is 19.6 Å². The number of halogens is 1. The van der Waals surface area contributed by atoms with Gasteiger partial charge in [-0.05, 0) is 36.6 Å². The van der Waals surface area contributed by atoms with Crippen LogP contribution in [0.4, 0.5) is 0 Å². The molecule has 0 fully saturated rings. The lowest BCUT2D eigenvalue weighted by atomic mass is 10.1. The number of rotatable bonds is 12. The smallest absolute Gasteiger partial charge is 0.267 e. The van der Waals surface area contributed by atoms with Crippen LogP contribution in [0.15, 0.2) is 66.7 Å². The first-order valence-corrected chi connectivity index (χ1v) is 11.6. The van der Waals surface area contributed by atoms with Crippen molar-refractivity contribution >= 4 is 29.2 Å². The van der Waals surface area contributed by atoms with E-state index >= 15 is 0 Å². The van der Waals surface area contributed by atoms with Crippen molar-refractivity contribution in [1.29, 1.82) is 0 Å². The van der Waals surface area contributed by atoms with Crippen molar-refractivity contribution in [3.63, 3.8) is 0 Å². The van der Waals surface area contributed by atoms with Gasteiger partial charge in [0.1, 0.15) is 5.69 Å². The summed E-state index contributed by atoms with van der Waals surface area (Å²) in [5.41, 5.74) is 3.77. The van der Waals surface area contributed by atoms with Gasteiger partial charge < -0.3 is 9.88 Å². The molecule has 0 aliphatic rings. The second-order valence-electron chi connectivity index (χ2n) is 7.93. The van der Waals surface area contributed by atoms with Crippen molar-refractivity contribution < 1.29 is 19.6 Å². The number of nitrogens with one attached hydrogen (secondary N) is 2. The molecule has 8 heteroatoms. The Hall–Kier alpha value is -3.42. The summed E-state index contributed by atoms with van der Waals surface area (Å²) in [6.07, 6.45) is 3.37. The summed E-state index contributed by atoms with van der Waals surface area (Å²) >= 11 is 6.36. The number of benzene rings is 2. The van der Waals surface area contributed by atoms with E-state index in [2.05, 4.69) is 5.32 Å². The Bertz CT molecular complexity index is 1130. The number of unbranched alkanes of at least 4 members (excludes halogenated alkanes) is 3. The van der Waals surface area contributed by atoms with Crippen LogP contribution in [0, 0.1) is 0 Å². The van der Waals surface area contributed by atoms with Gasteiger partial charge in [0.25, 0.3) is 5.91 Å². The molecule has 3 rings (SSSR count). The molecule has 0 aliphatic heterocycles. The Morgan fingerprint density at radius 3 is 2.24 bits per heavy atom. The molecule has 0 radical (unpaired) electrons. The predicted octanol–water partition coefficient (Wildman–Crippen LogP) is 4.61. The van der Waals surface area contributed by atoms with E-state index in [1.165, 1.54) is 0 Å². The van der Waals surface area contributed by atoms with Crippen LogP contribution >= 0.6 is 11.6 Å². The van der Waals surface area contributed by atoms with Crippen LogP contribution < -0.4 is 10.8 Å². The van der Waals surface area contributed by atoms with E-state index in [-0.39, 0.29) is 24.7 Å². The lowest BCUT2D eigenvalue weighted by Crippen LogP contribution is -2.28. The third-order valence-electron chi connectivity index (χ3n) is 5.51. The molecule has 0 atom stereocenters. The highest BCUT2D eigenvalue weighted by Gasteiger charge is 2.21. The Balaban J connectivity index is 1.70. The summed E-state index contributed by atoms with van der Waals surface area (Å²) in [4.78, 5) is 37.2. The monoisotopic (exact) mass is 481 g/mol. The fraction of sp³-hybridized carbons (Fsp3) is 0.269. The van der Waals surface area contributed by atoms with Crippen LogP contribution in [0.2, 0.25) is 5.02 Å². The molecule has 2 amide bonds. The second kappa shape index (κ2) is 12.7. The minimum Gasteiger partial charge on any atom is -0.351 e. The molecule has 1 heterocycles. The minimum atomic E-state index is -0.395. The van der Waals surface area contributed by atoms with Crippen LogP contribution in [-0.2, 0) is 11.3 Å². The van der Waals surface area contributed by atoms with Crippen molar-refractivity contribution in [2.45, 2.75) is 38.6 Å². The molecular weight excluding hydrogens is 454 g/mol. The first-order chi connectivity index (χ1) is 16.5. The second-order valence-corrected chi connectivity index (χ2v) is 8.34. The van der Waals surface area contributed by atoms with Crippen LogP contribution in [0.5, 0.6) is 0 Å². The van der Waals surface area contributed by atoms with Gasteiger partial charge in [-0.1, -0.05) is 73.0 Å². The third kappa shape index (κ3) is 6.79. The van der Waals surface area contributed by atoms with Crippen molar-refractivity contribution in [2.24, 2.45) is 0 Å². The average molecular weight is 482 g/mol. The maximum atomic E-state index is 13.2. The van der Waals surface area contributed by atoms with Crippen molar-refractivity contribution in [3.8, 4) is 0 Å². The molecule has 0 spiro atoms. The number of hydrogen-bond acceptors (Lipinski definition) is 4. The number of amides is 2. The standard InChI is InChI=1S/C26H28ClN3O4/c27-21-13-8-7-12-20(21)18-30-22(25(32)19-10-4-3-5-11-19)15-16-23(30)26(33)28-17-9-2-1-6-14-24(31)29-34/h3-5,7-8,10-13,15-16,34H,1-2,6,9,14,17-18H2,(H,28,33)(H,29,31). The predicted molar refractivity (Wildman–Crippen MR) is 130 cm³/mol. The minimum absolute atomic E-state index is 0.168. The summed E-state index contributed by atoms with van der Waals surface area (Å²) < 4.78 is 1.71. The fourth-order valence-electron chi connectivity index (χ4n) is 3.68. The van der Waals surface area contributed by atoms with E-state index in [4.69, 9.17) is 16.8 Å². The molecule has 1 aromatic heterocycles. The lowest BCUT2D eigenvalue weighted by molar-refractivity contribution is -0.129. The van der Waals surface area contributed by atoms with E-state index < -0.39 is 5.91 Å². The topological polar surface area (TPSA) is 100 Å². The van der Waals surface area contributed by atoms with Gasteiger partial charge in [-0.2, -0.15) is 0 Å². The van der Waals surface area contributed by atoms with Gasteiger partial charge in [-0.15, -0.1) is 0 Å². The normalized spacial score (nSPS) is 10.6. The van der Waals surface area contributed by atoms with Crippen LogP contribution in [0.1, 0.15) is 64.2 Å². The zero-order chi connectivity index (χ0) is 24.3. The molecule has 34 heavy (non-hydrogen) atoms. The summed E-state index contributed by atoms with van der Waals surface area (Å²) in [6.45, 7) is 0.764. The average Bonchev–Trinajstić information content (AvgIpc) is 3.28. The van der Waals surface area contributed by atoms with Crippen molar-refractivity contribution in [1.82, 2.24) is 15.4 Å². The quantitative estimate of drug-likeness (QED) is 0.152. The van der Waals surface area contributed by atoms with Gasteiger partial charge in [0.2, 0.25) is 11.7 Å². The highest BCUT2D eigenvalue weighted by Crippen LogP contribution is 2.21. The molecule has 3 aromatic rings. The fourth-order valence-corrected chi connectivity index (χ4v) is 3.88. The molecule has 2 aromatic carbocycles. The first kappa shape index (κ1) is 25.2. The first-order valence-electron chi connectivity index (χ1n) is 11.2. The van der Waals surface area contributed by atoms with E-state index in [1.54, 1.807) is 52.5 Å². The van der Waals surface area contributed by atoms with Crippen LogP contribution in [0.3, 0.4) is 0 Å². The van der Waals surface area contributed by atoms with E-state index in [9.17, 15) is 14.4 Å². The molecular formula is C26H28ClN3O4. The molecule has 0 saturated carbocycles. The lowest BCUT2D eigenvalue weighted by Gasteiger charge is -2.14. The Labute approximate surface area is 203 Å². The summed E-state index contributed by atoms with van der Waals surface area (Å²) in [6, 6.07) is 19.6. The SMILES string of the molecule is O=C(CCCCCCNC(=O)c1ccc(C(=O)c2ccccc2)n1Cc1ccccc1Cl)NO. The van der Waals surface area contributed by atoms with Gasteiger partial charge in [0.15, 0.2) is 0 Å². The summed E-state index contributed by atoms with van der Waals surface area (Å²) in [5, 5.41) is 12.0. The largest absolute Gasteiger partial charge is 0.351 e. The van der Waals surface area contributed by atoms with Crippen molar-refractivity contribution in [2.75, 3.05) is 6.54 Å². The summed E-state index contributed by atoms with van der Waals surface area (Å²) in [5.74, 6) is -0.828. The number of ketones is 1. The van der Waals surface area contributed by atoms with E-state index in [0.717, 1.165) is 24.8 Å². The molecule has 0 aliphatic carbocycles. The zero-order valence-corrected chi connectivity index (χ0v) is 19.6. The maximum Gasteiger partial charge on any atom is 0.267 e. The zero-order valence-electron chi connectivity index (χ0n) is 18.8. The molecule has 3 N–H and O–H groups in total. The highest BCUT2D eigenvalue weighted by molar-refractivity contribution is 6.31. The number of nitrogens with zero attached hydrogens (tertiary/aromatic N) is 1. The number of hydroxylamine groups is 1. The van der Waals surface area contributed by atoms with Crippen LogP contribution in [-0.4, -0.2) is 33.9 Å². The Morgan fingerprint density at radius 1 is 0.824 bits per heavy atom. The number of carbonyl (C=O) groups excluding carboxylic acids is 3. The van der Waals surface area contributed by atoms with Gasteiger partial charge in [-0.25, -0.2) is 5.48 Å². The molecule has 7 nitrogen and oxygen atoms in total. The van der Waals surface area contributed by atoms with E-state index in [0.29, 0.717) is 34.9 Å².